The van der Waals surface area contributed by atoms with Gasteiger partial charge in [0.1, 0.15) is 0 Å². The van der Waals surface area contributed by atoms with Crippen LogP contribution in [0.3, 0.4) is 0 Å². The van der Waals surface area contributed by atoms with E-state index in [4.69, 9.17) is 10.5 Å². The van der Waals surface area contributed by atoms with E-state index in [2.05, 4.69) is 5.43 Å². The minimum absolute atomic E-state index is 0.167. The first kappa shape index (κ1) is 10.9. The maximum atomic E-state index is 11.9. The fourth-order valence-electron chi connectivity index (χ4n) is 1.58. The second-order valence-corrected chi connectivity index (χ2v) is 3.63. The quantitative estimate of drug-likeness (QED) is 0.702. The van der Waals surface area contributed by atoms with Crippen LogP contribution in [0, 0.1) is 0 Å². The van der Waals surface area contributed by atoms with Crippen molar-refractivity contribution in [2.45, 2.75) is 0 Å². The Morgan fingerprint density at radius 2 is 2.00 bits per heavy atom. The average Bonchev–Trinajstić information content (AvgIpc) is 2.31. The molecule has 1 fully saturated rings. The largest absolute Gasteiger partial charge is 0.398 e. The molecule has 0 aliphatic carbocycles. The molecule has 1 aliphatic heterocycles. The molecule has 1 aliphatic rings. The number of amides is 1. The summed E-state index contributed by atoms with van der Waals surface area (Å²) in [6.07, 6.45) is 0. The number of hydrogen-bond acceptors (Lipinski definition) is 4. The molecule has 0 radical (unpaired) electrons. The second-order valence-electron chi connectivity index (χ2n) is 3.63. The summed E-state index contributed by atoms with van der Waals surface area (Å²) in [6, 6.07) is 7.03. The van der Waals surface area contributed by atoms with Crippen molar-refractivity contribution in [1.29, 1.82) is 0 Å². The van der Waals surface area contributed by atoms with E-state index >= 15 is 0 Å². The van der Waals surface area contributed by atoms with Crippen molar-refractivity contribution in [2.75, 3.05) is 32.0 Å². The first-order valence-electron chi connectivity index (χ1n) is 5.25. The molecule has 1 aromatic carbocycles. The van der Waals surface area contributed by atoms with Gasteiger partial charge in [-0.1, -0.05) is 12.1 Å². The lowest BCUT2D eigenvalue weighted by Gasteiger charge is -2.27. The Hall–Kier alpha value is -1.59. The SMILES string of the molecule is Nc1ccccc1C(=O)NN1CCOCC1. The number of para-hydroxylation sites is 1. The molecule has 0 aromatic heterocycles. The zero-order chi connectivity index (χ0) is 11.4. The number of anilines is 1. The van der Waals surface area contributed by atoms with Crippen LogP contribution in [-0.2, 0) is 4.74 Å². The number of hydrogen-bond donors (Lipinski definition) is 2. The van der Waals surface area contributed by atoms with Crippen molar-refractivity contribution in [3.8, 4) is 0 Å². The molecule has 5 nitrogen and oxygen atoms in total. The lowest BCUT2D eigenvalue weighted by atomic mass is 10.2. The molecule has 3 N–H and O–H groups in total. The third-order valence-corrected chi connectivity index (χ3v) is 2.48. The summed E-state index contributed by atoms with van der Waals surface area (Å²) in [5, 5.41) is 1.85. The molecule has 0 atom stereocenters. The van der Waals surface area contributed by atoms with Gasteiger partial charge in [0, 0.05) is 18.8 Å². The predicted octanol–water partition coefficient (Wildman–Crippen LogP) is 0.246. The fraction of sp³-hybridized carbons (Fsp3) is 0.364. The van der Waals surface area contributed by atoms with Crippen molar-refractivity contribution in [3.05, 3.63) is 29.8 Å². The van der Waals surface area contributed by atoms with Gasteiger partial charge in [0.15, 0.2) is 0 Å². The third-order valence-electron chi connectivity index (χ3n) is 2.48. The second kappa shape index (κ2) is 4.96. The summed E-state index contributed by atoms with van der Waals surface area (Å²) in [4.78, 5) is 11.9. The Morgan fingerprint density at radius 3 is 2.69 bits per heavy atom. The van der Waals surface area contributed by atoms with Gasteiger partial charge in [-0.3, -0.25) is 10.2 Å². The molecule has 1 saturated heterocycles. The first-order valence-corrected chi connectivity index (χ1v) is 5.25. The number of ether oxygens (including phenoxy) is 1. The molecule has 2 rings (SSSR count). The molecule has 0 bridgehead atoms. The van der Waals surface area contributed by atoms with Crippen LogP contribution in [0.4, 0.5) is 5.69 Å². The Kier molecular flexibility index (Phi) is 3.38. The Morgan fingerprint density at radius 1 is 1.31 bits per heavy atom. The molecule has 0 spiro atoms. The summed E-state index contributed by atoms with van der Waals surface area (Å²) in [7, 11) is 0. The summed E-state index contributed by atoms with van der Waals surface area (Å²) in [5.41, 5.74) is 9.53. The first-order chi connectivity index (χ1) is 7.77. The normalized spacial score (nSPS) is 17.0. The molecular formula is C11H15N3O2. The number of morpholine rings is 1. The average molecular weight is 221 g/mol. The fourth-order valence-corrected chi connectivity index (χ4v) is 1.58. The summed E-state index contributed by atoms with van der Waals surface area (Å²) in [6.45, 7) is 2.70. The van der Waals surface area contributed by atoms with E-state index in [1.54, 1.807) is 24.3 Å². The highest BCUT2D eigenvalue weighted by Gasteiger charge is 2.15. The highest BCUT2D eigenvalue weighted by molar-refractivity contribution is 5.98. The van der Waals surface area contributed by atoms with Gasteiger partial charge in [-0.2, -0.15) is 0 Å². The minimum Gasteiger partial charge on any atom is -0.398 e. The van der Waals surface area contributed by atoms with E-state index in [0.29, 0.717) is 37.6 Å². The molecule has 0 unspecified atom stereocenters. The van der Waals surface area contributed by atoms with Gasteiger partial charge >= 0.3 is 0 Å². The van der Waals surface area contributed by atoms with Gasteiger partial charge < -0.3 is 10.5 Å². The van der Waals surface area contributed by atoms with E-state index in [0.717, 1.165) is 0 Å². The Bertz CT molecular complexity index is 375. The van der Waals surface area contributed by atoms with Crippen molar-refractivity contribution < 1.29 is 9.53 Å². The van der Waals surface area contributed by atoms with Gasteiger partial charge in [0.25, 0.3) is 5.91 Å². The van der Waals surface area contributed by atoms with Crippen molar-refractivity contribution in [2.24, 2.45) is 0 Å². The van der Waals surface area contributed by atoms with E-state index in [1.165, 1.54) is 0 Å². The molecule has 0 saturated carbocycles. The molecule has 1 aromatic rings. The predicted molar refractivity (Wildman–Crippen MR) is 60.7 cm³/mol. The van der Waals surface area contributed by atoms with Gasteiger partial charge in [-0.05, 0) is 12.1 Å². The summed E-state index contributed by atoms with van der Waals surface area (Å²) >= 11 is 0. The number of rotatable bonds is 2. The monoisotopic (exact) mass is 221 g/mol. The highest BCUT2D eigenvalue weighted by atomic mass is 16.5. The number of benzene rings is 1. The maximum absolute atomic E-state index is 11.9. The molecule has 86 valence electrons. The van der Waals surface area contributed by atoms with Crippen LogP contribution in [0.5, 0.6) is 0 Å². The van der Waals surface area contributed by atoms with Crippen LogP contribution >= 0.6 is 0 Å². The lowest BCUT2D eigenvalue weighted by molar-refractivity contribution is 0.0126. The van der Waals surface area contributed by atoms with E-state index in [9.17, 15) is 4.79 Å². The number of nitrogens with one attached hydrogen (secondary N) is 1. The van der Waals surface area contributed by atoms with Crippen molar-refractivity contribution >= 4 is 11.6 Å². The standard InChI is InChI=1S/C11H15N3O2/c12-10-4-2-1-3-9(10)11(15)13-14-5-7-16-8-6-14/h1-4H,5-8,12H2,(H,13,15). The van der Waals surface area contributed by atoms with Crippen LogP contribution in [0.15, 0.2) is 24.3 Å². The van der Waals surface area contributed by atoms with Crippen molar-refractivity contribution in [1.82, 2.24) is 10.4 Å². The Balaban J connectivity index is 2.00. The van der Waals surface area contributed by atoms with Crippen LogP contribution in [0.2, 0.25) is 0 Å². The van der Waals surface area contributed by atoms with Gasteiger partial charge in [-0.25, -0.2) is 5.01 Å². The van der Waals surface area contributed by atoms with Gasteiger partial charge in [-0.15, -0.1) is 0 Å². The molecule has 5 heteroatoms. The highest BCUT2D eigenvalue weighted by Crippen LogP contribution is 2.10. The lowest BCUT2D eigenvalue weighted by Crippen LogP contribution is -2.48. The number of nitrogen functional groups attached to an aromatic ring is 1. The maximum Gasteiger partial charge on any atom is 0.267 e. The number of nitrogens with zero attached hydrogens (tertiary/aromatic N) is 1. The van der Waals surface area contributed by atoms with Crippen molar-refractivity contribution in [3.63, 3.8) is 0 Å². The Labute approximate surface area is 94.1 Å². The molecule has 16 heavy (non-hydrogen) atoms. The van der Waals surface area contributed by atoms with Crippen LogP contribution in [0.25, 0.3) is 0 Å². The number of hydrazine groups is 1. The van der Waals surface area contributed by atoms with E-state index in [1.807, 2.05) is 5.01 Å². The number of nitrogens with two attached hydrogens (primary N) is 1. The summed E-state index contributed by atoms with van der Waals surface area (Å²) < 4.78 is 5.19. The van der Waals surface area contributed by atoms with Gasteiger partial charge in [0.05, 0.1) is 18.8 Å². The van der Waals surface area contributed by atoms with Crippen LogP contribution < -0.4 is 11.2 Å². The topological polar surface area (TPSA) is 67.6 Å². The zero-order valence-electron chi connectivity index (χ0n) is 8.98. The third kappa shape index (κ3) is 2.50. The summed E-state index contributed by atoms with van der Waals surface area (Å²) in [5.74, 6) is -0.167. The molecule has 1 heterocycles. The number of carbonyl (C=O) groups is 1. The molecule has 1 amide bonds. The van der Waals surface area contributed by atoms with E-state index < -0.39 is 0 Å². The minimum atomic E-state index is -0.167. The van der Waals surface area contributed by atoms with Crippen LogP contribution in [-0.4, -0.2) is 37.2 Å². The zero-order valence-corrected chi connectivity index (χ0v) is 8.98. The number of carbonyl (C=O) groups excluding carboxylic acids is 1. The van der Waals surface area contributed by atoms with Crippen LogP contribution in [0.1, 0.15) is 10.4 Å². The van der Waals surface area contributed by atoms with E-state index in [-0.39, 0.29) is 5.91 Å². The molecular weight excluding hydrogens is 206 g/mol. The van der Waals surface area contributed by atoms with Gasteiger partial charge in [0.2, 0.25) is 0 Å². The smallest absolute Gasteiger partial charge is 0.267 e.